The molecule has 6 atom stereocenters. The first-order valence-electron chi connectivity index (χ1n) is 13.1. The standard InChI is InChI=1S/C30H40O4/c1-7-30-15-13-28(5)20-16-21(31)24(32)18(2)19(20)8-9-22(28)29(30,6)14-12-26(3)10-11-27(4,25(33)34)17-23(26)30/h8-9,16,23,32H,7,10-15,17H2,1-6H3,(H,33,34)/t23-,26-,27-,28+,29-,30+/m1/s1. The van der Waals surface area contributed by atoms with Gasteiger partial charge in [-0.15, -0.1) is 0 Å². The van der Waals surface area contributed by atoms with Crippen molar-refractivity contribution in [3.8, 4) is 0 Å². The smallest absolute Gasteiger partial charge is 0.309 e. The summed E-state index contributed by atoms with van der Waals surface area (Å²) in [6.45, 7) is 13.3. The maximum Gasteiger partial charge on any atom is 0.309 e. The average molecular weight is 465 g/mol. The van der Waals surface area contributed by atoms with Gasteiger partial charge in [-0.2, -0.15) is 0 Å². The molecule has 2 N–H and O–H groups in total. The van der Waals surface area contributed by atoms with E-state index in [1.807, 2.05) is 13.8 Å². The fraction of sp³-hybridized carbons (Fsp3) is 0.667. The van der Waals surface area contributed by atoms with Gasteiger partial charge in [0.15, 0.2) is 5.76 Å². The number of aliphatic carboxylic acids is 1. The van der Waals surface area contributed by atoms with Crippen LogP contribution in [0.4, 0.5) is 0 Å². The van der Waals surface area contributed by atoms with Crippen LogP contribution in [-0.2, 0) is 9.59 Å². The van der Waals surface area contributed by atoms with Gasteiger partial charge in [-0.05, 0) is 105 Å². The van der Waals surface area contributed by atoms with Crippen molar-refractivity contribution in [1.82, 2.24) is 0 Å². The lowest BCUT2D eigenvalue weighted by Gasteiger charge is -2.70. The van der Waals surface area contributed by atoms with Crippen LogP contribution in [0.2, 0.25) is 0 Å². The van der Waals surface area contributed by atoms with E-state index in [0.29, 0.717) is 11.5 Å². The summed E-state index contributed by atoms with van der Waals surface area (Å²) < 4.78 is 0. The number of ketones is 1. The van der Waals surface area contributed by atoms with Crippen molar-refractivity contribution in [2.24, 2.45) is 33.0 Å². The predicted molar refractivity (Wildman–Crippen MR) is 133 cm³/mol. The van der Waals surface area contributed by atoms with Gasteiger partial charge < -0.3 is 10.2 Å². The Bertz CT molecular complexity index is 1120. The summed E-state index contributed by atoms with van der Waals surface area (Å²) >= 11 is 0. The van der Waals surface area contributed by atoms with E-state index in [9.17, 15) is 19.8 Å². The van der Waals surface area contributed by atoms with Crippen LogP contribution in [0.15, 0.2) is 46.3 Å². The molecule has 0 aromatic heterocycles. The third-order valence-corrected chi connectivity index (χ3v) is 11.7. The second-order valence-electron chi connectivity index (χ2n) is 13.0. The lowest BCUT2D eigenvalue weighted by atomic mass is 9.33. The Morgan fingerprint density at radius 2 is 1.71 bits per heavy atom. The minimum Gasteiger partial charge on any atom is -0.504 e. The molecule has 4 nitrogen and oxygen atoms in total. The van der Waals surface area contributed by atoms with Crippen LogP contribution in [0.1, 0.15) is 92.9 Å². The first-order valence-corrected chi connectivity index (χ1v) is 13.1. The summed E-state index contributed by atoms with van der Waals surface area (Å²) in [5.74, 6) is -0.706. The van der Waals surface area contributed by atoms with Crippen LogP contribution in [0.25, 0.3) is 0 Å². The zero-order valence-corrected chi connectivity index (χ0v) is 21.7. The molecule has 3 saturated carbocycles. The van der Waals surface area contributed by atoms with E-state index in [1.165, 1.54) is 5.57 Å². The molecule has 184 valence electrons. The van der Waals surface area contributed by atoms with E-state index in [1.54, 1.807) is 6.08 Å². The Morgan fingerprint density at radius 1 is 1.03 bits per heavy atom. The first kappa shape index (κ1) is 23.6. The maximum absolute atomic E-state index is 12.6. The third-order valence-electron chi connectivity index (χ3n) is 11.7. The number of rotatable bonds is 2. The van der Waals surface area contributed by atoms with E-state index in [2.05, 4.69) is 39.8 Å². The van der Waals surface area contributed by atoms with Crippen molar-refractivity contribution in [3.63, 3.8) is 0 Å². The van der Waals surface area contributed by atoms with Crippen molar-refractivity contribution in [2.75, 3.05) is 0 Å². The fourth-order valence-electron chi connectivity index (χ4n) is 9.22. The molecule has 0 amide bonds. The van der Waals surface area contributed by atoms with E-state index >= 15 is 0 Å². The molecule has 5 aliphatic rings. The SMILES string of the molecule is CC[C@@]12CC[C@@]3(C)C4=CC(=O)C(O)=C(C)C4=CC=C3[C@@]1(C)CC[C@@]1(C)CC[C@@](C)(C(=O)O)C[C@H]12. The highest BCUT2D eigenvalue weighted by atomic mass is 16.4. The van der Waals surface area contributed by atoms with E-state index < -0.39 is 11.4 Å². The van der Waals surface area contributed by atoms with Gasteiger partial charge in [-0.3, -0.25) is 9.59 Å². The molecule has 0 radical (unpaired) electrons. The van der Waals surface area contributed by atoms with Gasteiger partial charge in [-0.25, -0.2) is 0 Å². The Kier molecular flexibility index (Phi) is 4.85. The maximum atomic E-state index is 12.6. The van der Waals surface area contributed by atoms with Crippen LogP contribution in [0, 0.1) is 33.0 Å². The molecule has 0 unspecified atom stereocenters. The molecule has 3 fully saturated rings. The number of hydrogen-bond donors (Lipinski definition) is 2. The molecule has 5 rings (SSSR count). The van der Waals surface area contributed by atoms with Crippen molar-refractivity contribution in [2.45, 2.75) is 92.9 Å². The highest BCUT2D eigenvalue weighted by molar-refractivity contribution is 6.06. The van der Waals surface area contributed by atoms with E-state index in [0.717, 1.165) is 62.5 Å². The zero-order chi connectivity index (χ0) is 24.9. The van der Waals surface area contributed by atoms with Gasteiger partial charge in [0.25, 0.3) is 0 Å². The largest absolute Gasteiger partial charge is 0.504 e. The highest BCUT2D eigenvalue weighted by Gasteiger charge is 2.68. The number of carboxylic acids is 1. The lowest BCUT2D eigenvalue weighted by molar-refractivity contribution is -0.184. The van der Waals surface area contributed by atoms with Crippen LogP contribution in [0.3, 0.4) is 0 Å². The van der Waals surface area contributed by atoms with Gasteiger partial charge >= 0.3 is 5.97 Å². The molecule has 0 aliphatic heterocycles. The molecule has 0 bridgehead atoms. The number of fused-ring (bicyclic) bond motifs is 7. The molecule has 0 aromatic carbocycles. The third kappa shape index (κ3) is 2.66. The number of aliphatic hydroxyl groups excluding tert-OH is 1. The van der Waals surface area contributed by atoms with Crippen LogP contribution >= 0.6 is 0 Å². The Labute approximate surface area is 203 Å². The minimum absolute atomic E-state index is 0.0417. The van der Waals surface area contributed by atoms with Gasteiger partial charge in [-0.1, -0.05) is 45.4 Å². The number of hydrogen-bond acceptors (Lipinski definition) is 3. The molecular formula is C30H40O4. The quantitative estimate of drug-likeness (QED) is 0.457. The number of carboxylic acid groups (broad SMARTS) is 1. The summed E-state index contributed by atoms with van der Waals surface area (Å²) in [5.41, 5.74) is 3.41. The molecule has 34 heavy (non-hydrogen) atoms. The number of carbonyl (C=O) groups is 2. The monoisotopic (exact) mass is 464 g/mol. The summed E-state index contributed by atoms with van der Waals surface area (Å²) in [6, 6.07) is 0. The highest BCUT2D eigenvalue weighted by Crippen LogP contribution is 2.76. The molecule has 5 aliphatic carbocycles. The van der Waals surface area contributed by atoms with Crippen LogP contribution < -0.4 is 0 Å². The summed E-state index contributed by atoms with van der Waals surface area (Å²) in [7, 11) is 0. The summed E-state index contributed by atoms with van der Waals surface area (Å²) in [6.07, 6.45) is 13.9. The van der Waals surface area contributed by atoms with Crippen molar-refractivity contribution in [1.29, 1.82) is 0 Å². The second kappa shape index (κ2) is 6.98. The molecule has 0 saturated heterocycles. The number of aliphatic hydroxyl groups is 1. The molecule has 0 heterocycles. The lowest BCUT2D eigenvalue weighted by Crippen LogP contribution is -2.63. The van der Waals surface area contributed by atoms with Gasteiger partial charge in [0.1, 0.15) is 0 Å². The van der Waals surface area contributed by atoms with E-state index in [4.69, 9.17) is 0 Å². The Morgan fingerprint density at radius 3 is 2.35 bits per heavy atom. The number of carbonyl (C=O) groups excluding carboxylic acids is 1. The van der Waals surface area contributed by atoms with Crippen LogP contribution in [0.5, 0.6) is 0 Å². The van der Waals surface area contributed by atoms with Crippen molar-refractivity contribution in [3.05, 3.63) is 46.3 Å². The van der Waals surface area contributed by atoms with Gasteiger partial charge in [0.05, 0.1) is 5.41 Å². The zero-order valence-electron chi connectivity index (χ0n) is 21.7. The molecular weight excluding hydrogens is 424 g/mol. The molecule has 0 aromatic rings. The van der Waals surface area contributed by atoms with Crippen LogP contribution in [-0.4, -0.2) is 22.0 Å². The molecule has 0 spiro atoms. The Hall–Kier alpha value is -2.10. The fourth-order valence-corrected chi connectivity index (χ4v) is 9.22. The second-order valence-corrected chi connectivity index (χ2v) is 13.0. The van der Waals surface area contributed by atoms with Crippen molar-refractivity contribution < 1.29 is 19.8 Å². The number of allylic oxidation sites excluding steroid dienone is 7. The summed E-state index contributed by atoms with van der Waals surface area (Å²) in [4.78, 5) is 25.0. The van der Waals surface area contributed by atoms with Gasteiger partial charge in [0, 0.05) is 11.0 Å². The topological polar surface area (TPSA) is 74.6 Å². The summed E-state index contributed by atoms with van der Waals surface area (Å²) in [5, 5.41) is 20.4. The predicted octanol–water partition coefficient (Wildman–Crippen LogP) is 7.09. The Balaban J connectivity index is 1.67. The van der Waals surface area contributed by atoms with E-state index in [-0.39, 0.29) is 33.2 Å². The van der Waals surface area contributed by atoms with Crippen molar-refractivity contribution >= 4 is 11.8 Å². The minimum atomic E-state index is -0.656. The molecule has 4 heteroatoms. The normalized spacial score (nSPS) is 45.8. The van der Waals surface area contributed by atoms with Gasteiger partial charge in [0.2, 0.25) is 5.78 Å². The average Bonchev–Trinajstić information content (AvgIpc) is 2.79. The first-order chi connectivity index (χ1) is 15.8.